The molecule has 2 rings (SSSR count). The predicted molar refractivity (Wildman–Crippen MR) is 52.5 cm³/mol. The van der Waals surface area contributed by atoms with Gasteiger partial charge in [-0.3, -0.25) is 4.98 Å². The summed E-state index contributed by atoms with van der Waals surface area (Å²) in [5.41, 5.74) is 7.91. The van der Waals surface area contributed by atoms with Crippen LogP contribution in [-0.4, -0.2) is 18.2 Å². The average Bonchev–Trinajstić information content (AvgIpc) is 2.56. The van der Waals surface area contributed by atoms with Gasteiger partial charge in [-0.2, -0.15) is 0 Å². The van der Waals surface area contributed by atoms with E-state index in [1.54, 1.807) is 12.3 Å². The number of aromatic nitrogens is 1. The Morgan fingerprint density at radius 1 is 1.54 bits per heavy atom. The number of nitrogens with two attached hydrogens (primary N) is 1. The minimum Gasteiger partial charge on any atom is -0.397 e. The number of nitrogens with zero attached hydrogens (tertiary/aromatic N) is 1. The van der Waals surface area contributed by atoms with Crippen molar-refractivity contribution in [2.45, 2.75) is 0 Å². The van der Waals surface area contributed by atoms with Crippen molar-refractivity contribution >= 4 is 22.9 Å². The fourth-order valence-electron chi connectivity index (χ4n) is 1.24. The van der Waals surface area contributed by atoms with Gasteiger partial charge in [0.15, 0.2) is 0 Å². The van der Waals surface area contributed by atoms with Crippen molar-refractivity contribution < 1.29 is 4.74 Å². The highest BCUT2D eigenvalue weighted by atomic mass is 35.5. The van der Waals surface area contributed by atoms with Crippen molar-refractivity contribution in [2.24, 2.45) is 0 Å². The lowest BCUT2D eigenvalue weighted by Crippen LogP contribution is -1.95. The Morgan fingerprint density at radius 3 is 3.00 bits per heavy atom. The van der Waals surface area contributed by atoms with Crippen LogP contribution in [0.1, 0.15) is 5.69 Å². The Hall–Kier alpha value is -1.06. The number of hydrogen-bond acceptors (Lipinski definition) is 3. The van der Waals surface area contributed by atoms with Gasteiger partial charge in [-0.25, -0.2) is 0 Å². The number of halogens is 1. The molecule has 0 saturated carbocycles. The summed E-state index contributed by atoms with van der Waals surface area (Å²) in [6.45, 7) is 1.22. The highest BCUT2D eigenvalue weighted by Gasteiger charge is 2.12. The molecular formula is C9H9ClN2O. The predicted octanol–water partition coefficient (Wildman–Crippen LogP) is 1.73. The van der Waals surface area contributed by atoms with Gasteiger partial charge in [0.2, 0.25) is 0 Å². The molecule has 4 heteroatoms. The molecule has 0 unspecified atom stereocenters. The Balaban J connectivity index is 2.40. The van der Waals surface area contributed by atoms with E-state index in [0.717, 1.165) is 11.3 Å². The van der Waals surface area contributed by atoms with E-state index in [-0.39, 0.29) is 0 Å². The van der Waals surface area contributed by atoms with Gasteiger partial charge in [0.05, 0.1) is 35.8 Å². The Labute approximate surface area is 81.2 Å². The van der Waals surface area contributed by atoms with Gasteiger partial charge in [-0.1, -0.05) is 17.7 Å². The number of ether oxygens (including phenoxy) is 1. The first kappa shape index (κ1) is 8.53. The van der Waals surface area contributed by atoms with Crippen LogP contribution < -0.4 is 5.73 Å². The van der Waals surface area contributed by atoms with Crippen molar-refractivity contribution in [3.05, 3.63) is 29.1 Å². The molecule has 0 spiro atoms. The number of pyridine rings is 1. The lowest BCUT2D eigenvalue weighted by Gasteiger charge is -2.03. The molecule has 0 amide bonds. The first-order valence-corrected chi connectivity index (χ1v) is 4.33. The molecule has 0 radical (unpaired) electrons. The third-order valence-electron chi connectivity index (χ3n) is 1.87. The summed E-state index contributed by atoms with van der Waals surface area (Å²) in [6.07, 6.45) is 3.57. The van der Waals surface area contributed by atoms with E-state index in [9.17, 15) is 0 Å². The van der Waals surface area contributed by atoms with Crippen LogP contribution in [0.3, 0.4) is 0 Å². The van der Waals surface area contributed by atoms with Crippen LogP contribution >= 0.6 is 11.6 Å². The van der Waals surface area contributed by atoms with Crippen LogP contribution in [-0.2, 0) is 4.74 Å². The fraction of sp³-hybridized carbons (Fsp3) is 0.222. The summed E-state index contributed by atoms with van der Waals surface area (Å²) in [5.74, 6) is 0. The van der Waals surface area contributed by atoms with E-state index in [4.69, 9.17) is 22.1 Å². The maximum absolute atomic E-state index is 5.97. The third-order valence-corrected chi connectivity index (χ3v) is 2.16. The molecule has 0 bridgehead atoms. The van der Waals surface area contributed by atoms with Crippen LogP contribution in [0.25, 0.3) is 5.57 Å². The molecule has 0 aliphatic carbocycles. The second kappa shape index (κ2) is 3.36. The quantitative estimate of drug-likeness (QED) is 0.744. The normalized spacial score (nSPS) is 15.9. The summed E-state index contributed by atoms with van der Waals surface area (Å²) in [4.78, 5) is 4.15. The average molecular weight is 197 g/mol. The molecule has 68 valence electrons. The molecule has 0 fully saturated rings. The molecule has 0 aromatic carbocycles. The molecule has 0 atom stereocenters. The monoisotopic (exact) mass is 196 g/mol. The first-order chi connectivity index (χ1) is 6.27. The van der Waals surface area contributed by atoms with Gasteiger partial charge in [0.1, 0.15) is 0 Å². The van der Waals surface area contributed by atoms with Crippen molar-refractivity contribution in [1.29, 1.82) is 0 Å². The fourth-order valence-corrected chi connectivity index (χ4v) is 1.54. The molecule has 1 aromatic rings. The van der Waals surface area contributed by atoms with Crippen LogP contribution in [0.4, 0.5) is 5.69 Å². The lowest BCUT2D eigenvalue weighted by atomic mass is 10.2. The summed E-state index contributed by atoms with van der Waals surface area (Å²) in [5, 5.41) is 0.580. The van der Waals surface area contributed by atoms with E-state index in [1.165, 1.54) is 0 Å². The molecule has 2 heterocycles. The summed E-state index contributed by atoms with van der Waals surface area (Å²) < 4.78 is 5.17. The van der Waals surface area contributed by atoms with Crippen LogP contribution in [0.15, 0.2) is 18.3 Å². The molecule has 0 saturated heterocycles. The van der Waals surface area contributed by atoms with E-state index in [2.05, 4.69) is 4.98 Å². The van der Waals surface area contributed by atoms with E-state index in [1.807, 2.05) is 6.08 Å². The van der Waals surface area contributed by atoms with Crippen molar-refractivity contribution in [3.63, 3.8) is 0 Å². The molecule has 2 N–H and O–H groups in total. The maximum atomic E-state index is 5.97. The van der Waals surface area contributed by atoms with Gasteiger partial charge in [0.25, 0.3) is 0 Å². The topological polar surface area (TPSA) is 48.1 Å². The Morgan fingerprint density at radius 2 is 2.38 bits per heavy atom. The Kier molecular flexibility index (Phi) is 2.20. The number of hydrogen-bond donors (Lipinski definition) is 1. The van der Waals surface area contributed by atoms with Gasteiger partial charge in [-0.05, 0) is 6.07 Å². The minimum atomic E-state index is 0.577. The molecule has 3 nitrogen and oxygen atoms in total. The third kappa shape index (κ3) is 1.66. The number of anilines is 1. The summed E-state index contributed by atoms with van der Waals surface area (Å²) in [6, 6.07) is 1.70. The van der Waals surface area contributed by atoms with Crippen LogP contribution in [0, 0.1) is 0 Å². The Bertz CT molecular complexity index is 363. The van der Waals surface area contributed by atoms with E-state index < -0.39 is 0 Å². The second-order valence-electron chi connectivity index (χ2n) is 2.84. The van der Waals surface area contributed by atoms with Crippen molar-refractivity contribution in [1.82, 2.24) is 4.98 Å². The zero-order valence-electron chi connectivity index (χ0n) is 6.96. The highest BCUT2D eigenvalue weighted by Crippen LogP contribution is 2.25. The number of nitrogen functional groups attached to an aromatic ring is 1. The smallest absolute Gasteiger partial charge is 0.0870 e. The highest BCUT2D eigenvalue weighted by molar-refractivity contribution is 6.32. The molecule has 1 aliphatic rings. The SMILES string of the molecule is Nc1cnc(C2=CCOC2)c(Cl)c1. The molecule has 1 aromatic heterocycles. The maximum Gasteiger partial charge on any atom is 0.0870 e. The van der Waals surface area contributed by atoms with Gasteiger partial charge in [-0.15, -0.1) is 0 Å². The van der Waals surface area contributed by atoms with E-state index >= 15 is 0 Å². The van der Waals surface area contributed by atoms with Crippen LogP contribution in [0.2, 0.25) is 5.02 Å². The minimum absolute atomic E-state index is 0.577. The summed E-state index contributed by atoms with van der Waals surface area (Å²) >= 11 is 5.97. The van der Waals surface area contributed by atoms with Crippen LogP contribution in [0.5, 0.6) is 0 Å². The summed E-state index contributed by atoms with van der Waals surface area (Å²) in [7, 11) is 0. The molecular weight excluding hydrogens is 188 g/mol. The largest absolute Gasteiger partial charge is 0.397 e. The van der Waals surface area contributed by atoms with Gasteiger partial charge in [0, 0.05) is 5.57 Å². The van der Waals surface area contributed by atoms with E-state index in [0.29, 0.717) is 23.9 Å². The zero-order valence-corrected chi connectivity index (χ0v) is 7.71. The molecule has 1 aliphatic heterocycles. The zero-order chi connectivity index (χ0) is 9.26. The molecule has 13 heavy (non-hydrogen) atoms. The van der Waals surface area contributed by atoms with Gasteiger partial charge < -0.3 is 10.5 Å². The lowest BCUT2D eigenvalue weighted by molar-refractivity contribution is 0.216. The standard InChI is InChI=1S/C9H9ClN2O/c10-8-3-7(11)4-12-9(8)6-1-2-13-5-6/h1,3-4H,2,5,11H2. The van der Waals surface area contributed by atoms with Gasteiger partial charge >= 0.3 is 0 Å². The van der Waals surface area contributed by atoms with Crippen molar-refractivity contribution in [3.8, 4) is 0 Å². The van der Waals surface area contributed by atoms with Crippen molar-refractivity contribution in [2.75, 3.05) is 18.9 Å². The number of rotatable bonds is 1. The second-order valence-corrected chi connectivity index (χ2v) is 3.25. The first-order valence-electron chi connectivity index (χ1n) is 3.95.